The van der Waals surface area contributed by atoms with Gasteiger partial charge >= 0.3 is 0 Å². The number of rotatable bonds is 7. The first-order chi connectivity index (χ1) is 19.8. The fourth-order valence-electron chi connectivity index (χ4n) is 4.68. The second-order valence-corrected chi connectivity index (χ2v) is 10.3. The van der Waals surface area contributed by atoms with Crippen LogP contribution in [-0.2, 0) is 5.44 Å². The largest absolute Gasteiger partial charge is 0.378 e. The molecule has 1 atom stereocenters. The van der Waals surface area contributed by atoms with Crippen molar-refractivity contribution in [2.24, 2.45) is 0 Å². The molecule has 1 saturated carbocycles. The van der Waals surface area contributed by atoms with Gasteiger partial charge in [-0.3, -0.25) is 4.98 Å². The second-order valence-electron chi connectivity index (χ2n) is 9.89. The van der Waals surface area contributed by atoms with Gasteiger partial charge in [0.15, 0.2) is 5.82 Å². The molecule has 3 heterocycles. The molecule has 1 fully saturated rings. The van der Waals surface area contributed by atoms with E-state index in [1.807, 2.05) is 24.8 Å². The van der Waals surface area contributed by atoms with Gasteiger partial charge in [0, 0.05) is 23.3 Å². The predicted molar refractivity (Wildman–Crippen MR) is 151 cm³/mol. The molecule has 13 heteroatoms. The smallest absolute Gasteiger partial charge is 0.249 e. The maximum atomic E-state index is 13.9. The molecule has 2 aromatic carbocycles. The minimum Gasteiger partial charge on any atom is -0.378 e. The molecule has 9 nitrogen and oxygen atoms in total. The number of fused-ring (bicyclic) bond motifs is 1. The number of pyridine rings is 2. The summed E-state index contributed by atoms with van der Waals surface area (Å²) in [6.07, 6.45) is 6.44. The zero-order chi connectivity index (χ0) is 28.7. The Bertz CT molecular complexity index is 1910. The standard InChI is InChI=1S/C28H19BClF2N9/c29-28(17-3-1-2-15(6-17)10-33,24-14-41(40-39-24)20-4-5-20)38-18-7-21-25(37-19-9-23(31)27(32)36-13-19)16(11-34)12-35-26(21)22(30)8-18/h1-3,6-9,12-14,20,38H,4-5,29H2,(H,35,37). The topological polar surface area (TPSA) is 128 Å². The summed E-state index contributed by atoms with van der Waals surface area (Å²) >= 11 is 6.69. The van der Waals surface area contributed by atoms with Crippen molar-refractivity contribution in [3.05, 3.63) is 100 Å². The third-order valence-electron chi connectivity index (χ3n) is 7.02. The maximum absolute atomic E-state index is 13.9. The van der Waals surface area contributed by atoms with Gasteiger partial charge in [0.25, 0.3) is 0 Å². The molecule has 0 radical (unpaired) electrons. The molecule has 0 aliphatic heterocycles. The summed E-state index contributed by atoms with van der Waals surface area (Å²) in [5, 5.41) is 35.4. The van der Waals surface area contributed by atoms with Crippen LogP contribution in [0.25, 0.3) is 10.9 Å². The highest BCUT2D eigenvalue weighted by molar-refractivity contribution is 6.36. The second kappa shape index (κ2) is 10.2. The highest BCUT2D eigenvalue weighted by Gasteiger charge is 2.34. The van der Waals surface area contributed by atoms with E-state index in [1.165, 1.54) is 6.20 Å². The molecule has 0 bridgehead atoms. The number of nitriles is 2. The molecule has 0 saturated heterocycles. The number of hydrogen-bond donors (Lipinski definition) is 2. The molecule has 1 aliphatic carbocycles. The Morgan fingerprint density at radius 3 is 2.61 bits per heavy atom. The summed E-state index contributed by atoms with van der Waals surface area (Å²) in [5.41, 5.74) is 2.47. The molecule has 0 amide bonds. The maximum Gasteiger partial charge on any atom is 0.249 e. The lowest BCUT2D eigenvalue weighted by Crippen LogP contribution is -2.38. The number of anilines is 3. The van der Waals surface area contributed by atoms with Gasteiger partial charge < -0.3 is 10.6 Å². The lowest BCUT2D eigenvalue weighted by atomic mass is 9.69. The summed E-state index contributed by atoms with van der Waals surface area (Å²) in [6.45, 7) is 0. The Balaban J connectivity index is 1.49. The molecular formula is C28H19BClF2N9. The van der Waals surface area contributed by atoms with E-state index in [2.05, 4.69) is 43.1 Å². The van der Waals surface area contributed by atoms with E-state index in [9.17, 15) is 19.3 Å². The molecule has 1 unspecified atom stereocenters. The minimum atomic E-state index is -1.23. The molecule has 0 spiro atoms. The summed E-state index contributed by atoms with van der Waals surface area (Å²) in [5.74, 6) is -2.37. The SMILES string of the molecule is BC(Nc1cc(Cl)c2ncc(C#N)c(Nc3cnc(F)c(F)c3)c2c1)(c1cccc(C#N)c1)c1cn(C2CC2)nn1. The van der Waals surface area contributed by atoms with Crippen molar-refractivity contribution in [1.82, 2.24) is 25.0 Å². The van der Waals surface area contributed by atoms with E-state index in [0.29, 0.717) is 39.6 Å². The fraction of sp³-hybridized carbons (Fsp3) is 0.143. The van der Waals surface area contributed by atoms with Crippen molar-refractivity contribution < 1.29 is 8.78 Å². The Hall–Kier alpha value is -5.07. The van der Waals surface area contributed by atoms with Gasteiger partial charge in [0.1, 0.15) is 19.6 Å². The molecule has 200 valence electrons. The molecule has 3 aromatic heterocycles. The summed E-state index contributed by atoms with van der Waals surface area (Å²) in [6, 6.07) is 16.2. The lowest BCUT2D eigenvalue weighted by Gasteiger charge is -2.31. The van der Waals surface area contributed by atoms with Crippen LogP contribution in [0, 0.1) is 34.4 Å². The van der Waals surface area contributed by atoms with Gasteiger partial charge in [-0.15, -0.1) is 5.10 Å². The molecule has 41 heavy (non-hydrogen) atoms. The van der Waals surface area contributed by atoms with E-state index in [1.54, 1.807) is 30.3 Å². The lowest BCUT2D eigenvalue weighted by molar-refractivity contribution is 0.480. The van der Waals surface area contributed by atoms with Crippen LogP contribution in [0.3, 0.4) is 0 Å². The number of hydrogen-bond acceptors (Lipinski definition) is 8. The molecule has 1 aliphatic rings. The normalized spacial score (nSPS) is 14.2. The monoisotopic (exact) mass is 565 g/mol. The van der Waals surface area contributed by atoms with E-state index >= 15 is 0 Å². The van der Waals surface area contributed by atoms with E-state index in [-0.39, 0.29) is 16.3 Å². The van der Waals surface area contributed by atoms with Crippen LogP contribution in [0.1, 0.15) is 41.3 Å². The van der Waals surface area contributed by atoms with Crippen LogP contribution in [0.5, 0.6) is 0 Å². The van der Waals surface area contributed by atoms with Gasteiger partial charge in [-0.2, -0.15) is 14.9 Å². The third-order valence-corrected chi connectivity index (χ3v) is 7.31. The molecular weight excluding hydrogens is 547 g/mol. The van der Waals surface area contributed by atoms with Crippen molar-refractivity contribution in [3.63, 3.8) is 0 Å². The van der Waals surface area contributed by atoms with E-state index in [0.717, 1.165) is 30.7 Å². The Labute approximate surface area is 238 Å². The van der Waals surface area contributed by atoms with Crippen molar-refractivity contribution in [2.45, 2.75) is 24.3 Å². The van der Waals surface area contributed by atoms with Crippen LogP contribution in [0.15, 0.2) is 61.1 Å². The van der Waals surface area contributed by atoms with Crippen molar-refractivity contribution in [2.75, 3.05) is 10.6 Å². The van der Waals surface area contributed by atoms with Crippen LogP contribution in [0.2, 0.25) is 5.02 Å². The average molecular weight is 566 g/mol. The quantitative estimate of drug-likeness (QED) is 0.210. The van der Waals surface area contributed by atoms with Gasteiger partial charge in [-0.05, 0) is 42.7 Å². The van der Waals surface area contributed by atoms with Crippen molar-refractivity contribution >= 4 is 47.4 Å². The Morgan fingerprint density at radius 2 is 1.88 bits per heavy atom. The highest BCUT2D eigenvalue weighted by Crippen LogP contribution is 2.39. The zero-order valence-corrected chi connectivity index (χ0v) is 22.3. The first-order valence-corrected chi connectivity index (χ1v) is 13.0. The van der Waals surface area contributed by atoms with Crippen LogP contribution < -0.4 is 10.6 Å². The summed E-state index contributed by atoms with van der Waals surface area (Å²) in [7, 11) is 1.93. The summed E-state index contributed by atoms with van der Waals surface area (Å²) < 4.78 is 29.2. The Morgan fingerprint density at radius 1 is 1.05 bits per heavy atom. The Kier molecular flexibility index (Phi) is 6.48. The van der Waals surface area contributed by atoms with Crippen molar-refractivity contribution in [3.8, 4) is 12.1 Å². The predicted octanol–water partition coefficient (Wildman–Crippen LogP) is 4.92. The van der Waals surface area contributed by atoms with E-state index in [4.69, 9.17) is 11.6 Å². The van der Waals surface area contributed by atoms with E-state index < -0.39 is 17.2 Å². The molecule has 5 aromatic rings. The first-order valence-electron chi connectivity index (χ1n) is 12.6. The minimum absolute atomic E-state index is 0.136. The van der Waals surface area contributed by atoms with Gasteiger partial charge in [-0.25, -0.2) is 14.1 Å². The van der Waals surface area contributed by atoms with Gasteiger partial charge in [-0.1, -0.05) is 28.9 Å². The number of benzene rings is 2. The van der Waals surface area contributed by atoms with Crippen LogP contribution >= 0.6 is 11.6 Å². The zero-order valence-electron chi connectivity index (χ0n) is 21.5. The number of nitrogens with zero attached hydrogens (tertiary/aromatic N) is 7. The highest BCUT2D eigenvalue weighted by atomic mass is 35.5. The van der Waals surface area contributed by atoms with Crippen molar-refractivity contribution in [1.29, 1.82) is 10.5 Å². The summed E-state index contributed by atoms with van der Waals surface area (Å²) in [4.78, 5) is 7.77. The number of aromatic nitrogens is 5. The van der Waals surface area contributed by atoms with Crippen LogP contribution in [0.4, 0.5) is 25.8 Å². The number of halogens is 3. The first kappa shape index (κ1) is 26.2. The molecule has 6 rings (SSSR count). The fourth-order valence-corrected chi connectivity index (χ4v) is 4.95. The third kappa shape index (κ3) is 4.90. The number of nitrogens with one attached hydrogen (secondary N) is 2. The van der Waals surface area contributed by atoms with Gasteiger partial charge in [0.05, 0.1) is 63.0 Å². The average Bonchev–Trinajstić information content (AvgIpc) is 3.70. The van der Waals surface area contributed by atoms with Gasteiger partial charge in [0.2, 0.25) is 5.95 Å². The molecule has 2 N–H and O–H groups in total. The van der Waals surface area contributed by atoms with Crippen LogP contribution in [-0.4, -0.2) is 32.8 Å².